The van der Waals surface area contributed by atoms with Crippen molar-refractivity contribution in [3.8, 4) is 5.75 Å². The normalized spacial score (nSPS) is 18.5. The summed E-state index contributed by atoms with van der Waals surface area (Å²) in [5.74, 6) is -0.0250. The molecule has 0 saturated carbocycles. The predicted octanol–water partition coefficient (Wildman–Crippen LogP) is 1.19. The SMILES string of the molecule is CC(=O)Oc1cccc(NC(=O)N(CCN(C)C)C2CCS(=O)(=O)C2)c1. The van der Waals surface area contributed by atoms with E-state index in [1.54, 1.807) is 29.2 Å². The number of urea groups is 1. The van der Waals surface area contributed by atoms with E-state index in [1.165, 1.54) is 6.92 Å². The molecule has 8 nitrogen and oxygen atoms in total. The van der Waals surface area contributed by atoms with Crippen LogP contribution in [0.4, 0.5) is 10.5 Å². The van der Waals surface area contributed by atoms with Gasteiger partial charge >= 0.3 is 12.0 Å². The molecular weight excluding hydrogens is 358 g/mol. The molecule has 1 heterocycles. The monoisotopic (exact) mass is 383 g/mol. The highest BCUT2D eigenvalue weighted by Crippen LogP contribution is 2.21. The van der Waals surface area contributed by atoms with Gasteiger partial charge in [-0.3, -0.25) is 4.79 Å². The highest BCUT2D eigenvalue weighted by molar-refractivity contribution is 7.91. The molecule has 2 amide bonds. The van der Waals surface area contributed by atoms with Crippen LogP contribution in [-0.4, -0.2) is 75.0 Å². The van der Waals surface area contributed by atoms with Gasteiger partial charge in [-0.25, -0.2) is 13.2 Å². The minimum Gasteiger partial charge on any atom is -0.427 e. The van der Waals surface area contributed by atoms with Crippen molar-refractivity contribution in [2.75, 3.05) is 44.0 Å². The Balaban J connectivity index is 2.11. The number of anilines is 1. The number of hydrogen-bond acceptors (Lipinski definition) is 6. The van der Waals surface area contributed by atoms with E-state index in [0.717, 1.165) is 0 Å². The van der Waals surface area contributed by atoms with Crippen molar-refractivity contribution in [2.45, 2.75) is 19.4 Å². The van der Waals surface area contributed by atoms with Gasteiger partial charge in [0.15, 0.2) is 9.84 Å². The second-order valence-corrected chi connectivity index (χ2v) is 8.83. The van der Waals surface area contributed by atoms with Crippen LogP contribution in [0.2, 0.25) is 0 Å². The van der Waals surface area contributed by atoms with Crippen molar-refractivity contribution in [2.24, 2.45) is 0 Å². The summed E-state index contributed by atoms with van der Waals surface area (Å²) >= 11 is 0. The molecule has 1 atom stereocenters. The average Bonchev–Trinajstić information content (AvgIpc) is 2.86. The maximum atomic E-state index is 12.8. The van der Waals surface area contributed by atoms with E-state index in [1.807, 2.05) is 19.0 Å². The lowest BCUT2D eigenvalue weighted by molar-refractivity contribution is -0.131. The number of amides is 2. The standard InChI is InChI=1S/C17H25N3O5S/c1-13(21)25-16-6-4-5-14(11-16)18-17(22)20(9-8-19(2)3)15-7-10-26(23,24)12-15/h4-6,11,15H,7-10,12H2,1-3H3,(H,18,22). The summed E-state index contributed by atoms with van der Waals surface area (Å²) in [5.41, 5.74) is 0.476. The van der Waals surface area contributed by atoms with Crippen LogP contribution in [-0.2, 0) is 14.6 Å². The van der Waals surface area contributed by atoms with E-state index in [0.29, 0.717) is 30.9 Å². The first-order valence-corrected chi connectivity index (χ1v) is 10.2. The van der Waals surface area contributed by atoms with E-state index < -0.39 is 15.8 Å². The van der Waals surface area contributed by atoms with Gasteiger partial charge in [0.25, 0.3) is 0 Å². The van der Waals surface area contributed by atoms with Crippen LogP contribution in [0.25, 0.3) is 0 Å². The van der Waals surface area contributed by atoms with Crippen molar-refractivity contribution < 1.29 is 22.7 Å². The van der Waals surface area contributed by atoms with Gasteiger partial charge in [0.1, 0.15) is 5.75 Å². The Kier molecular flexibility index (Phi) is 6.60. The quantitative estimate of drug-likeness (QED) is 0.586. The Bertz CT molecular complexity index is 763. The first kappa shape index (κ1) is 20.2. The number of carbonyl (C=O) groups is 2. The number of hydrogen-bond donors (Lipinski definition) is 1. The van der Waals surface area contributed by atoms with Crippen LogP contribution >= 0.6 is 0 Å². The van der Waals surface area contributed by atoms with E-state index >= 15 is 0 Å². The van der Waals surface area contributed by atoms with E-state index in [-0.39, 0.29) is 23.6 Å². The Hall–Kier alpha value is -2.13. The maximum absolute atomic E-state index is 12.8. The highest BCUT2D eigenvalue weighted by atomic mass is 32.2. The second-order valence-electron chi connectivity index (χ2n) is 6.61. The Morgan fingerprint density at radius 1 is 1.27 bits per heavy atom. The molecule has 9 heteroatoms. The minimum absolute atomic E-state index is 0.0126. The molecule has 1 saturated heterocycles. The third kappa shape index (κ3) is 5.99. The van der Waals surface area contributed by atoms with Gasteiger partial charge in [-0.2, -0.15) is 0 Å². The zero-order valence-corrected chi connectivity index (χ0v) is 16.1. The molecule has 26 heavy (non-hydrogen) atoms. The molecule has 1 unspecified atom stereocenters. The summed E-state index contributed by atoms with van der Waals surface area (Å²) in [6.07, 6.45) is 0.441. The van der Waals surface area contributed by atoms with Gasteiger partial charge in [-0.05, 0) is 32.6 Å². The molecule has 0 radical (unpaired) electrons. The fourth-order valence-corrected chi connectivity index (χ4v) is 4.51. The molecule has 2 rings (SSSR count). The topological polar surface area (TPSA) is 96.0 Å². The van der Waals surface area contributed by atoms with Gasteiger partial charge in [0, 0.05) is 37.8 Å². The van der Waals surface area contributed by atoms with Crippen molar-refractivity contribution in [3.05, 3.63) is 24.3 Å². The number of ether oxygens (including phenoxy) is 1. The molecule has 0 aromatic heterocycles. The fourth-order valence-electron chi connectivity index (χ4n) is 2.78. The summed E-state index contributed by atoms with van der Waals surface area (Å²) in [6, 6.07) is 5.81. The van der Waals surface area contributed by atoms with Crippen molar-refractivity contribution in [3.63, 3.8) is 0 Å². The predicted molar refractivity (Wildman–Crippen MR) is 99.1 cm³/mol. The molecule has 0 aliphatic carbocycles. The number of rotatable bonds is 6. The molecule has 1 aromatic carbocycles. The molecule has 1 aromatic rings. The first-order valence-electron chi connectivity index (χ1n) is 8.37. The molecule has 144 valence electrons. The molecule has 0 bridgehead atoms. The third-order valence-corrected chi connectivity index (χ3v) is 5.80. The molecule has 0 spiro atoms. The zero-order valence-electron chi connectivity index (χ0n) is 15.3. The maximum Gasteiger partial charge on any atom is 0.322 e. The lowest BCUT2D eigenvalue weighted by atomic mass is 10.2. The summed E-state index contributed by atoms with van der Waals surface area (Å²) in [5, 5.41) is 2.77. The lowest BCUT2D eigenvalue weighted by Gasteiger charge is -2.29. The summed E-state index contributed by atoms with van der Waals surface area (Å²) in [4.78, 5) is 27.3. The second kappa shape index (κ2) is 8.50. The van der Waals surface area contributed by atoms with E-state index in [9.17, 15) is 18.0 Å². The van der Waals surface area contributed by atoms with Gasteiger partial charge in [-0.1, -0.05) is 6.07 Å². The minimum atomic E-state index is -3.10. The van der Waals surface area contributed by atoms with Crippen LogP contribution in [0, 0.1) is 0 Å². The number of carbonyl (C=O) groups excluding carboxylic acids is 2. The first-order chi connectivity index (χ1) is 12.2. The molecule has 1 aliphatic rings. The van der Waals surface area contributed by atoms with Crippen LogP contribution in [0.1, 0.15) is 13.3 Å². The number of nitrogens with zero attached hydrogens (tertiary/aromatic N) is 2. The summed E-state index contributed by atoms with van der Waals surface area (Å²) in [7, 11) is 0.687. The Labute approximate surface area is 154 Å². The Morgan fingerprint density at radius 2 is 2.00 bits per heavy atom. The zero-order chi connectivity index (χ0) is 19.3. The summed E-state index contributed by atoms with van der Waals surface area (Å²) < 4.78 is 28.6. The van der Waals surface area contributed by atoms with Gasteiger partial charge in [-0.15, -0.1) is 0 Å². The molecule has 1 fully saturated rings. The largest absolute Gasteiger partial charge is 0.427 e. The van der Waals surface area contributed by atoms with E-state index in [4.69, 9.17) is 4.74 Å². The lowest BCUT2D eigenvalue weighted by Crippen LogP contribution is -2.46. The molecule has 1 N–H and O–H groups in total. The molecular formula is C17H25N3O5S. The number of likely N-dealkylation sites (N-methyl/N-ethyl adjacent to an activating group) is 1. The third-order valence-electron chi connectivity index (χ3n) is 4.05. The van der Waals surface area contributed by atoms with Crippen molar-refractivity contribution in [1.82, 2.24) is 9.80 Å². The number of benzene rings is 1. The van der Waals surface area contributed by atoms with Crippen LogP contribution in [0.5, 0.6) is 5.75 Å². The fraction of sp³-hybridized carbons (Fsp3) is 0.529. The number of esters is 1. The number of nitrogens with one attached hydrogen (secondary N) is 1. The smallest absolute Gasteiger partial charge is 0.322 e. The van der Waals surface area contributed by atoms with E-state index in [2.05, 4.69) is 5.32 Å². The molecule has 1 aliphatic heterocycles. The van der Waals surface area contributed by atoms with Crippen LogP contribution in [0.3, 0.4) is 0 Å². The number of sulfone groups is 1. The highest BCUT2D eigenvalue weighted by Gasteiger charge is 2.34. The van der Waals surface area contributed by atoms with Gasteiger partial charge in [0.05, 0.1) is 11.5 Å². The van der Waals surface area contributed by atoms with Gasteiger partial charge in [0.2, 0.25) is 0 Å². The van der Waals surface area contributed by atoms with Gasteiger partial charge < -0.3 is 19.9 Å². The van der Waals surface area contributed by atoms with Crippen LogP contribution < -0.4 is 10.1 Å². The van der Waals surface area contributed by atoms with Crippen molar-refractivity contribution >= 4 is 27.5 Å². The van der Waals surface area contributed by atoms with Crippen LogP contribution in [0.15, 0.2) is 24.3 Å². The van der Waals surface area contributed by atoms with Crippen molar-refractivity contribution in [1.29, 1.82) is 0 Å². The Morgan fingerprint density at radius 3 is 2.58 bits per heavy atom. The average molecular weight is 383 g/mol. The summed E-state index contributed by atoms with van der Waals surface area (Å²) in [6.45, 7) is 2.34.